The lowest BCUT2D eigenvalue weighted by Gasteiger charge is -2.33. The van der Waals surface area contributed by atoms with Crippen LogP contribution in [0, 0.1) is 6.92 Å². The van der Waals surface area contributed by atoms with E-state index in [1.807, 2.05) is 37.3 Å². The van der Waals surface area contributed by atoms with Gasteiger partial charge >= 0.3 is 0 Å². The number of nitrogens with one attached hydrogen (secondary N) is 2. The van der Waals surface area contributed by atoms with Crippen molar-refractivity contribution in [3.05, 3.63) is 36.2 Å². The van der Waals surface area contributed by atoms with Crippen LogP contribution < -0.4 is 15.5 Å². The first-order valence-corrected chi connectivity index (χ1v) is 8.48. The van der Waals surface area contributed by atoms with Crippen LogP contribution in [0.3, 0.4) is 0 Å². The van der Waals surface area contributed by atoms with Gasteiger partial charge in [-0.25, -0.2) is 9.97 Å². The minimum atomic E-state index is -0.101. The molecule has 0 unspecified atom stereocenters. The fourth-order valence-electron chi connectivity index (χ4n) is 2.82. The molecule has 0 atom stereocenters. The van der Waals surface area contributed by atoms with Crippen LogP contribution in [0.2, 0.25) is 0 Å². The van der Waals surface area contributed by atoms with Crippen molar-refractivity contribution >= 4 is 35.3 Å². The third-order valence-corrected chi connectivity index (χ3v) is 4.09. The van der Waals surface area contributed by atoms with Gasteiger partial charge in [0.1, 0.15) is 17.5 Å². The van der Waals surface area contributed by atoms with Gasteiger partial charge in [0, 0.05) is 50.5 Å². The lowest BCUT2D eigenvalue weighted by atomic mass is 10.2. The van der Waals surface area contributed by atoms with E-state index in [4.69, 9.17) is 0 Å². The second kappa shape index (κ2) is 7.81. The van der Waals surface area contributed by atoms with Crippen LogP contribution in [-0.4, -0.2) is 53.4 Å². The molecule has 0 spiro atoms. The Kier molecular flexibility index (Phi) is 5.31. The molecule has 2 aromatic rings. The molecule has 2 heterocycles. The molecule has 2 N–H and O–H groups in total. The van der Waals surface area contributed by atoms with Crippen molar-refractivity contribution in [2.24, 2.45) is 0 Å². The maximum Gasteiger partial charge on any atom is 0.221 e. The molecule has 1 aromatic carbocycles. The van der Waals surface area contributed by atoms with Crippen LogP contribution >= 0.6 is 0 Å². The molecule has 0 radical (unpaired) electrons. The number of aryl methyl sites for hydroxylation is 1. The van der Waals surface area contributed by atoms with Gasteiger partial charge in [-0.05, 0) is 31.2 Å². The summed E-state index contributed by atoms with van der Waals surface area (Å²) in [5.41, 5.74) is 1.62. The third-order valence-electron chi connectivity index (χ3n) is 4.09. The number of anilines is 4. The molecule has 0 bridgehead atoms. The summed E-state index contributed by atoms with van der Waals surface area (Å²) in [4.78, 5) is 34.8. The molecule has 136 valence electrons. The predicted octanol–water partition coefficient (Wildman–Crippen LogP) is 1.77. The highest BCUT2D eigenvalue weighted by atomic mass is 16.1. The molecule has 2 amide bonds. The van der Waals surface area contributed by atoms with Crippen molar-refractivity contribution in [2.45, 2.75) is 13.8 Å². The Hall–Kier alpha value is -3.16. The smallest absolute Gasteiger partial charge is 0.221 e. The first-order chi connectivity index (χ1) is 12.5. The van der Waals surface area contributed by atoms with E-state index in [1.165, 1.54) is 6.92 Å². The normalized spacial score (nSPS) is 14.1. The molecule has 26 heavy (non-hydrogen) atoms. The van der Waals surface area contributed by atoms with E-state index in [0.29, 0.717) is 24.7 Å². The van der Waals surface area contributed by atoms with Crippen LogP contribution in [0.15, 0.2) is 30.3 Å². The Morgan fingerprint density at radius 3 is 2.35 bits per heavy atom. The number of piperazine rings is 1. The van der Waals surface area contributed by atoms with Crippen LogP contribution in [-0.2, 0) is 9.59 Å². The summed E-state index contributed by atoms with van der Waals surface area (Å²) in [6, 6.07) is 9.33. The van der Waals surface area contributed by atoms with Gasteiger partial charge in [0.2, 0.25) is 12.3 Å². The average molecular weight is 354 g/mol. The molecule has 8 nitrogen and oxygen atoms in total. The first kappa shape index (κ1) is 17.7. The van der Waals surface area contributed by atoms with E-state index in [9.17, 15) is 9.59 Å². The maximum atomic E-state index is 11.1. The van der Waals surface area contributed by atoms with Gasteiger partial charge in [-0.1, -0.05) is 0 Å². The molecule has 1 saturated heterocycles. The summed E-state index contributed by atoms with van der Waals surface area (Å²) in [5.74, 6) is 2.13. The zero-order valence-electron chi connectivity index (χ0n) is 14.9. The van der Waals surface area contributed by atoms with Gasteiger partial charge in [-0.2, -0.15) is 0 Å². The Bertz CT molecular complexity index is 785. The van der Waals surface area contributed by atoms with Crippen molar-refractivity contribution in [3.8, 4) is 0 Å². The summed E-state index contributed by atoms with van der Waals surface area (Å²) in [5, 5.41) is 6.01. The van der Waals surface area contributed by atoms with E-state index >= 15 is 0 Å². The number of hydrogen-bond acceptors (Lipinski definition) is 6. The van der Waals surface area contributed by atoms with E-state index in [-0.39, 0.29) is 5.91 Å². The van der Waals surface area contributed by atoms with Crippen molar-refractivity contribution < 1.29 is 9.59 Å². The van der Waals surface area contributed by atoms with Crippen molar-refractivity contribution in [1.29, 1.82) is 0 Å². The Labute approximate surface area is 152 Å². The number of rotatable bonds is 5. The molecule has 0 saturated carbocycles. The Balaban J connectivity index is 1.71. The standard InChI is InChI=1S/C18H22N6O2/c1-13-19-17(22-16-5-3-15(4-6-16)21-14(2)26)11-18(20-13)24-9-7-23(12-25)8-10-24/h3-6,11-12H,7-10H2,1-2H3,(H,21,26)(H,19,20,22). The Morgan fingerprint density at radius 2 is 1.73 bits per heavy atom. The molecule has 8 heteroatoms. The zero-order chi connectivity index (χ0) is 18.5. The molecular formula is C18H22N6O2. The second-order valence-corrected chi connectivity index (χ2v) is 6.17. The third kappa shape index (κ3) is 4.47. The van der Waals surface area contributed by atoms with Gasteiger partial charge in [0.15, 0.2) is 0 Å². The zero-order valence-corrected chi connectivity index (χ0v) is 14.9. The lowest BCUT2D eigenvalue weighted by Crippen LogP contribution is -2.46. The molecule has 3 rings (SSSR count). The molecule has 0 aliphatic carbocycles. The van der Waals surface area contributed by atoms with Gasteiger partial charge in [0.25, 0.3) is 0 Å². The monoisotopic (exact) mass is 354 g/mol. The Morgan fingerprint density at radius 1 is 1.08 bits per heavy atom. The second-order valence-electron chi connectivity index (χ2n) is 6.17. The van der Waals surface area contributed by atoms with Gasteiger partial charge < -0.3 is 20.4 Å². The van der Waals surface area contributed by atoms with Crippen molar-refractivity contribution in [1.82, 2.24) is 14.9 Å². The summed E-state index contributed by atoms with van der Waals surface area (Å²) in [6.07, 6.45) is 0.889. The van der Waals surface area contributed by atoms with Gasteiger partial charge in [0.05, 0.1) is 0 Å². The topological polar surface area (TPSA) is 90.5 Å². The molecule has 1 fully saturated rings. The number of amides is 2. The number of aromatic nitrogens is 2. The minimum Gasteiger partial charge on any atom is -0.353 e. The number of nitrogens with zero attached hydrogens (tertiary/aromatic N) is 4. The molecular weight excluding hydrogens is 332 g/mol. The van der Waals surface area contributed by atoms with Crippen LogP contribution in [0.1, 0.15) is 12.7 Å². The van der Waals surface area contributed by atoms with Gasteiger partial charge in [-0.3, -0.25) is 9.59 Å². The minimum absolute atomic E-state index is 0.101. The average Bonchev–Trinajstić information content (AvgIpc) is 2.62. The summed E-state index contributed by atoms with van der Waals surface area (Å²) >= 11 is 0. The van der Waals surface area contributed by atoms with Crippen LogP contribution in [0.25, 0.3) is 0 Å². The van der Waals surface area contributed by atoms with Crippen molar-refractivity contribution in [2.75, 3.05) is 41.7 Å². The van der Waals surface area contributed by atoms with E-state index < -0.39 is 0 Å². The number of hydrogen-bond donors (Lipinski definition) is 2. The van der Waals surface area contributed by atoms with E-state index in [1.54, 1.807) is 4.90 Å². The number of carbonyl (C=O) groups excluding carboxylic acids is 2. The fourth-order valence-corrected chi connectivity index (χ4v) is 2.82. The molecule has 1 aromatic heterocycles. The summed E-state index contributed by atoms with van der Waals surface area (Å²) < 4.78 is 0. The largest absolute Gasteiger partial charge is 0.353 e. The van der Waals surface area contributed by atoms with Crippen LogP contribution in [0.4, 0.5) is 23.0 Å². The SMILES string of the molecule is CC(=O)Nc1ccc(Nc2cc(N3CCN(C=O)CC3)nc(C)n2)cc1. The van der Waals surface area contributed by atoms with Gasteiger partial charge in [-0.15, -0.1) is 0 Å². The predicted molar refractivity (Wildman–Crippen MR) is 101 cm³/mol. The highest BCUT2D eigenvalue weighted by Crippen LogP contribution is 2.22. The van der Waals surface area contributed by atoms with E-state index in [2.05, 4.69) is 25.5 Å². The quantitative estimate of drug-likeness (QED) is 0.795. The lowest BCUT2D eigenvalue weighted by molar-refractivity contribution is -0.118. The first-order valence-electron chi connectivity index (χ1n) is 8.48. The number of benzene rings is 1. The highest BCUT2D eigenvalue weighted by molar-refractivity contribution is 5.88. The fraction of sp³-hybridized carbons (Fsp3) is 0.333. The maximum absolute atomic E-state index is 11.1. The number of carbonyl (C=O) groups is 2. The highest BCUT2D eigenvalue weighted by Gasteiger charge is 2.17. The van der Waals surface area contributed by atoms with E-state index in [0.717, 1.165) is 36.7 Å². The van der Waals surface area contributed by atoms with Crippen molar-refractivity contribution in [3.63, 3.8) is 0 Å². The summed E-state index contributed by atoms with van der Waals surface area (Å²) in [7, 11) is 0. The molecule has 1 aliphatic rings. The van der Waals surface area contributed by atoms with Crippen LogP contribution in [0.5, 0.6) is 0 Å². The molecule has 1 aliphatic heterocycles. The summed E-state index contributed by atoms with van der Waals surface area (Å²) in [6.45, 7) is 6.22.